The largest absolute Gasteiger partial charge is 0.387 e. The van der Waals surface area contributed by atoms with E-state index in [1.54, 1.807) is 6.33 Å². The van der Waals surface area contributed by atoms with Gasteiger partial charge in [-0.2, -0.15) is 0 Å². The molecule has 2 atom stereocenters. The van der Waals surface area contributed by atoms with Crippen molar-refractivity contribution in [2.24, 2.45) is 0 Å². The molecular weight excluding hydrogens is 302 g/mol. The highest BCUT2D eigenvalue weighted by molar-refractivity contribution is 5.83. The summed E-state index contributed by atoms with van der Waals surface area (Å²) in [4.78, 5) is 16.7. The number of benzene rings is 2. The van der Waals surface area contributed by atoms with Gasteiger partial charge in [-0.25, -0.2) is 4.98 Å². The number of nitrogens with one attached hydrogen (secondary N) is 1. The summed E-state index contributed by atoms with van der Waals surface area (Å²) in [6.07, 6.45) is 0.951. The fraction of sp³-hybridized carbons (Fsp3) is 0.263. The lowest BCUT2D eigenvalue weighted by Crippen LogP contribution is -2.33. The van der Waals surface area contributed by atoms with Crippen LogP contribution in [0.25, 0.3) is 11.0 Å². The summed E-state index contributed by atoms with van der Waals surface area (Å²) >= 11 is 0. The Kier molecular flexibility index (Phi) is 4.62. The smallest absolute Gasteiger partial charge is 0.242 e. The third-order valence-electron chi connectivity index (χ3n) is 4.21. The molecule has 0 aliphatic carbocycles. The van der Waals surface area contributed by atoms with E-state index in [4.69, 9.17) is 0 Å². The molecule has 5 nitrogen and oxygen atoms in total. The molecule has 0 bridgehead atoms. The molecule has 2 N–H and O–H groups in total. The number of hydrogen-bond acceptors (Lipinski definition) is 3. The van der Waals surface area contributed by atoms with Crippen molar-refractivity contribution in [1.82, 2.24) is 14.9 Å². The summed E-state index contributed by atoms with van der Waals surface area (Å²) < 4.78 is 1.84. The maximum absolute atomic E-state index is 12.4. The number of carbonyl (C=O) groups excluding carboxylic acids is 1. The van der Waals surface area contributed by atoms with E-state index in [0.29, 0.717) is 0 Å². The first-order valence-electron chi connectivity index (χ1n) is 8.00. The number of fused-ring (bicyclic) bond motifs is 1. The predicted molar refractivity (Wildman–Crippen MR) is 93.6 cm³/mol. The Balaban J connectivity index is 1.65. The van der Waals surface area contributed by atoms with Crippen molar-refractivity contribution in [1.29, 1.82) is 0 Å². The van der Waals surface area contributed by atoms with Crippen LogP contribution in [0.5, 0.6) is 0 Å². The molecule has 0 radical (unpaired) electrons. The lowest BCUT2D eigenvalue weighted by atomic mass is 10.1. The average molecular weight is 323 g/mol. The van der Waals surface area contributed by atoms with Crippen LogP contribution in [0.2, 0.25) is 0 Å². The van der Waals surface area contributed by atoms with Crippen molar-refractivity contribution < 1.29 is 9.90 Å². The Hall–Kier alpha value is -2.66. The minimum Gasteiger partial charge on any atom is -0.387 e. The number of aliphatic hydroxyl groups excluding tert-OH is 1. The number of nitrogens with zero attached hydrogens (tertiary/aromatic N) is 2. The zero-order valence-corrected chi connectivity index (χ0v) is 13.8. The summed E-state index contributed by atoms with van der Waals surface area (Å²) in [7, 11) is 0. The summed E-state index contributed by atoms with van der Waals surface area (Å²) in [5.41, 5.74) is 3.70. The van der Waals surface area contributed by atoms with Gasteiger partial charge in [0.1, 0.15) is 6.04 Å². The average Bonchev–Trinajstić information content (AvgIpc) is 3.03. The number of aromatic nitrogens is 2. The van der Waals surface area contributed by atoms with Crippen LogP contribution in [0, 0.1) is 6.92 Å². The van der Waals surface area contributed by atoms with Crippen LogP contribution in [0.4, 0.5) is 0 Å². The van der Waals surface area contributed by atoms with Gasteiger partial charge in [-0.1, -0.05) is 42.0 Å². The first-order valence-corrected chi connectivity index (χ1v) is 8.00. The van der Waals surface area contributed by atoms with Gasteiger partial charge >= 0.3 is 0 Å². The predicted octanol–water partition coefficient (Wildman–Crippen LogP) is 2.76. The number of imidazole rings is 1. The molecule has 1 amide bonds. The molecule has 0 spiro atoms. The molecule has 0 aliphatic rings. The maximum atomic E-state index is 12.4. The fourth-order valence-corrected chi connectivity index (χ4v) is 2.66. The van der Waals surface area contributed by atoms with Crippen molar-refractivity contribution >= 4 is 16.9 Å². The van der Waals surface area contributed by atoms with Crippen molar-refractivity contribution in [3.63, 3.8) is 0 Å². The van der Waals surface area contributed by atoms with E-state index in [1.165, 1.54) is 0 Å². The van der Waals surface area contributed by atoms with Crippen molar-refractivity contribution in [3.05, 3.63) is 66.0 Å². The summed E-state index contributed by atoms with van der Waals surface area (Å²) in [6.45, 7) is 4.00. The van der Waals surface area contributed by atoms with Crippen LogP contribution in [-0.2, 0) is 4.79 Å². The molecule has 0 saturated carbocycles. The second-order valence-electron chi connectivity index (χ2n) is 5.99. The summed E-state index contributed by atoms with van der Waals surface area (Å²) in [5, 5.41) is 13.0. The molecule has 1 heterocycles. The van der Waals surface area contributed by atoms with Gasteiger partial charge in [-0.3, -0.25) is 4.79 Å². The van der Waals surface area contributed by atoms with Gasteiger partial charge in [0.05, 0.1) is 23.5 Å². The lowest BCUT2D eigenvalue weighted by molar-refractivity contribution is -0.124. The molecule has 24 heavy (non-hydrogen) atoms. The topological polar surface area (TPSA) is 67.2 Å². The fourth-order valence-electron chi connectivity index (χ4n) is 2.66. The van der Waals surface area contributed by atoms with Gasteiger partial charge in [0.25, 0.3) is 0 Å². The zero-order valence-electron chi connectivity index (χ0n) is 13.8. The normalized spacial score (nSPS) is 13.6. The summed E-state index contributed by atoms with van der Waals surface area (Å²) in [5.74, 6) is -0.149. The number of carbonyl (C=O) groups is 1. The minimum atomic E-state index is -0.721. The van der Waals surface area contributed by atoms with Crippen LogP contribution in [0.3, 0.4) is 0 Å². The first-order chi connectivity index (χ1) is 11.6. The van der Waals surface area contributed by atoms with E-state index in [-0.39, 0.29) is 12.5 Å². The molecule has 3 aromatic rings. The third-order valence-corrected chi connectivity index (χ3v) is 4.21. The lowest BCUT2D eigenvalue weighted by Gasteiger charge is -2.17. The van der Waals surface area contributed by atoms with E-state index in [0.717, 1.165) is 22.2 Å². The molecule has 5 heteroatoms. The molecule has 2 aromatic carbocycles. The first kappa shape index (κ1) is 16.2. The quantitative estimate of drug-likeness (QED) is 0.759. The molecule has 0 aliphatic heterocycles. The third kappa shape index (κ3) is 3.31. The number of rotatable bonds is 5. The highest BCUT2D eigenvalue weighted by Crippen LogP contribution is 2.18. The molecule has 0 fully saturated rings. The monoisotopic (exact) mass is 323 g/mol. The standard InChI is InChI=1S/C19H21N3O2/c1-13-7-9-15(10-8-13)18(23)11-20-19(24)14(2)22-12-21-16-5-3-4-6-17(16)22/h3-10,12,14,18,23H,11H2,1-2H3,(H,20,24)/t14-,18+/m0/s1. The number of aliphatic hydroxyl groups is 1. The van der Waals surface area contributed by atoms with E-state index in [1.807, 2.05) is 66.9 Å². The number of aryl methyl sites for hydroxylation is 1. The Morgan fingerprint density at radius 2 is 1.92 bits per heavy atom. The van der Waals surface area contributed by atoms with Gasteiger partial charge in [-0.15, -0.1) is 0 Å². The van der Waals surface area contributed by atoms with E-state index in [9.17, 15) is 9.90 Å². The minimum absolute atomic E-state index is 0.149. The Labute approximate surface area is 141 Å². The van der Waals surface area contributed by atoms with E-state index in [2.05, 4.69) is 10.3 Å². The van der Waals surface area contributed by atoms with E-state index >= 15 is 0 Å². The van der Waals surface area contributed by atoms with Crippen molar-refractivity contribution in [2.75, 3.05) is 6.54 Å². The van der Waals surface area contributed by atoms with Gasteiger partial charge in [0, 0.05) is 6.54 Å². The van der Waals surface area contributed by atoms with Gasteiger partial charge in [0.15, 0.2) is 0 Å². The molecule has 124 valence electrons. The molecule has 0 unspecified atom stereocenters. The molecule has 1 aromatic heterocycles. The van der Waals surface area contributed by atoms with Crippen molar-refractivity contribution in [3.8, 4) is 0 Å². The number of para-hydroxylation sites is 2. The van der Waals surface area contributed by atoms with Gasteiger partial charge in [0.2, 0.25) is 5.91 Å². The highest BCUT2D eigenvalue weighted by atomic mass is 16.3. The van der Waals surface area contributed by atoms with Crippen LogP contribution in [-0.4, -0.2) is 27.1 Å². The molecular formula is C19H21N3O2. The van der Waals surface area contributed by atoms with Gasteiger partial charge < -0.3 is 15.0 Å². The number of amides is 1. The Bertz CT molecular complexity index is 839. The Morgan fingerprint density at radius 3 is 2.67 bits per heavy atom. The van der Waals surface area contributed by atoms with Crippen molar-refractivity contribution in [2.45, 2.75) is 26.0 Å². The summed E-state index contributed by atoms with van der Waals surface area (Å²) in [6, 6.07) is 14.9. The van der Waals surface area contributed by atoms with Crippen LogP contribution < -0.4 is 5.32 Å². The maximum Gasteiger partial charge on any atom is 0.242 e. The Morgan fingerprint density at radius 1 is 1.21 bits per heavy atom. The molecule has 3 rings (SSSR count). The van der Waals surface area contributed by atoms with E-state index < -0.39 is 12.1 Å². The zero-order chi connectivity index (χ0) is 17.1. The SMILES string of the molecule is Cc1ccc([C@H](O)CNC(=O)[C@H](C)n2cnc3ccccc32)cc1. The van der Waals surface area contributed by atoms with Gasteiger partial charge in [-0.05, 0) is 31.5 Å². The van der Waals surface area contributed by atoms with Crippen LogP contribution in [0.1, 0.15) is 30.2 Å². The van der Waals surface area contributed by atoms with Crippen LogP contribution in [0.15, 0.2) is 54.9 Å². The highest BCUT2D eigenvalue weighted by Gasteiger charge is 2.18. The van der Waals surface area contributed by atoms with Crippen LogP contribution >= 0.6 is 0 Å². The molecule has 0 saturated heterocycles. The second kappa shape index (κ2) is 6.84. The second-order valence-corrected chi connectivity index (χ2v) is 5.99. The number of hydrogen-bond donors (Lipinski definition) is 2.